The fraction of sp³-hybridized carbons (Fsp3) is 0.500. The molecule has 1 fully saturated rings. The molecule has 1 aliphatic rings. The Hall–Kier alpha value is -2.54. The fourth-order valence-electron chi connectivity index (χ4n) is 4.49. The van der Waals surface area contributed by atoms with E-state index in [1.54, 1.807) is 6.07 Å². The zero-order valence-corrected chi connectivity index (χ0v) is 21.1. The van der Waals surface area contributed by atoms with Crippen LogP contribution in [0.3, 0.4) is 0 Å². The maximum absolute atomic E-state index is 12.5. The van der Waals surface area contributed by atoms with E-state index in [0.717, 1.165) is 30.1 Å². The van der Waals surface area contributed by atoms with Crippen LogP contribution in [0.4, 0.5) is 11.4 Å². The minimum absolute atomic E-state index is 0.0744. The third-order valence-electron chi connectivity index (χ3n) is 6.34. The predicted molar refractivity (Wildman–Crippen MR) is 136 cm³/mol. The molecule has 0 radical (unpaired) electrons. The van der Waals surface area contributed by atoms with Gasteiger partial charge in [-0.3, -0.25) is 9.10 Å². The molecule has 0 aliphatic carbocycles. The Labute approximate surface area is 199 Å². The van der Waals surface area contributed by atoms with E-state index < -0.39 is 10.0 Å². The summed E-state index contributed by atoms with van der Waals surface area (Å²) in [6.07, 6.45) is 4.45. The molecule has 0 saturated carbocycles. The number of amides is 1. The summed E-state index contributed by atoms with van der Waals surface area (Å²) in [6.45, 7) is 8.63. The maximum Gasteiger partial charge on any atom is 0.232 e. The SMILES string of the molecule is Cc1ccccc1N(CCCC(=O)N[C@H](C)c1ccc(N2CCC[C@@H](C)C2)cc1)S(C)(=O)=O. The Balaban J connectivity index is 1.52. The summed E-state index contributed by atoms with van der Waals surface area (Å²) in [5, 5.41) is 3.05. The lowest BCUT2D eigenvalue weighted by Gasteiger charge is -2.33. The Morgan fingerprint density at radius 2 is 1.88 bits per heavy atom. The third kappa shape index (κ3) is 6.97. The Kier molecular flexibility index (Phi) is 8.40. The fourth-order valence-corrected chi connectivity index (χ4v) is 5.51. The smallest absolute Gasteiger partial charge is 0.232 e. The second-order valence-corrected chi connectivity index (χ2v) is 11.2. The van der Waals surface area contributed by atoms with Crippen molar-refractivity contribution in [2.45, 2.75) is 52.5 Å². The monoisotopic (exact) mass is 471 g/mol. The second kappa shape index (κ2) is 11.1. The van der Waals surface area contributed by atoms with Crippen LogP contribution in [0.5, 0.6) is 0 Å². The summed E-state index contributed by atoms with van der Waals surface area (Å²) in [4.78, 5) is 15.0. The highest BCUT2D eigenvalue weighted by Gasteiger charge is 2.20. The van der Waals surface area contributed by atoms with Crippen molar-refractivity contribution in [1.29, 1.82) is 0 Å². The molecule has 2 atom stereocenters. The summed E-state index contributed by atoms with van der Waals surface area (Å²) < 4.78 is 26.0. The normalized spacial score (nSPS) is 17.5. The molecular formula is C26H37N3O3S. The molecule has 1 N–H and O–H groups in total. The zero-order valence-electron chi connectivity index (χ0n) is 20.3. The Morgan fingerprint density at radius 1 is 1.18 bits per heavy atom. The van der Waals surface area contributed by atoms with E-state index in [1.165, 1.54) is 29.1 Å². The van der Waals surface area contributed by atoms with Gasteiger partial charge in [0.15, 0.2) is 0 Å². The minimum Gasteiger partial charge on any atom is -0.371 e. The highest BCUT2D eigenvalue weighted by atomic mass is 32.2. The van der Waals surface area contributed by atoms with Crippen molar-refractivity contribution in [2.75, 3.05) is 35.1 Å². The minimum atomic E-state index is -3.42. The van der Waals surface area contributed by atoms with E-state index in [0.29, 0.717) is 12.1 Å². The van der Waals surface area contributed by atoms with Crippen molar-refractivity contribution in [3.63, 3.8) is 0 Å². The lowest BCUT2D eigenvalue weighted by atomic mass is 9.99. The third-order valence-corrected chi connectivity index (χ3v) is 7.52. The molecule has 6 nitrogen and oxygen atoms in total. The number of hydrogen-bond donors (Lipinski definition) is 1. The molecule has 33 heavy (non-hydrogen) atoms. The number of carbonyl (C=O) groups is 1. The van der Waals surface area contributed by atoms with Crippen LogP contribution >= 0.6 is 0 Å². The van der Waals surface area contributed by atoms with Gasteiger partial charge in [0.05, 0.1) is 18.0 Å². The second-order valence-electron chi connectivity index (χ2n) is 9.30. The molecule has 1 aliphatic heterocycles. The number of hydrogen-bond acceptors (Lipinski definition) is 4. The number of sulfonamides is 1. The van der Waals surface area contributed by atoms with Gasteiger partial charge in [-0.15, -0.1) is 0 Å². The average Bonchev–Trinajstić information content (AvgIpc) is 2.77. The van der Waals surface area contributed by atoms with E-state index >= 15 is 0 Å². The molecule has 1 amide bonds. The van der Waals surface area contributed by atoms with E-state index in [2.05, 4.69) is 41.4 Å². The number of aryl methyl sites for hydroxylation is 1. The molecule has 0 bridgehead atoms. The summed E-state index contributed by atoms with van der Waals surface area (Å²) in [7, 11) is -3.42. The van der Waals surface area contributed by atoms with Crippen molar-refractivity contribution in [3.05, 3.63) is 59.7 Å². The zero-order chi connectivity index (χ0) is 24.0. The molecule has 7 heteroatoms. The van der Waals surface area contributed by atoms with E-state index in [-0.39, 0.29) is 24.9 Å². The lowest BCUT2D eigenvalue weighted by Crippen LogP contribution is -2.34. The number of para-hydroxylation sites is 1. The van der Waals surface area contributed by atoms with Crippen LogP contribution in [0, 0.1) is 12.8 Å². The maximum atomic E-state index is 12.5. The van der Waals surface area contributed by atoms with Crippen molar-refractivity contribution in [2.24, 2.45) is 5.92 Å². The largest absolute Gasteiger partial charge is 0.371 e. The molecule has 2 aromatic carbocycles. The summed E-state index contributed by atoms with van der Waals surface area (Å²) in [5.41, 5.74) is 3.86. The van der Waals surface area contributed by atoms with Crippen LogP contribution in [0.1, 0.15) is 56.7 Å². The van der Waals surface area contributed by atoms with Gasteiger partial charge in [-0.25, -0.2) is 8.42 Å². The van der Waals surface area contributed by atoms with Gasteiger partial charge in [-0.05, 0) is 68.4 Å². The summed E-state index contributed by atoms with van der Waals surface area (Å²) >= 11 is 0. The summed E-state index contributed by atoms with van der Waals surface area (Å²) in [5.74, 6) is 0.649. The first-order chi connectivity index (χ1) is 15.6. The molecule has 0 unspecified atom stereocenters. The first-order valence-corrected chi connectivity index (χ1v) is 13.7. The molecule has 3 rings (SSSR count). The number of nitrogens with zero attached hydrogens (tertiary/aromatic N) is 2. The lowest BCUT2D eigenvalue weighted by molar-refractivity contribution is -0.121. The highest BCUT2D eigenvalue weighted by Crippen LogP contribution is 2.25. The first kappa shape index (κ1) is 25.1. The molecule has 2 aromatic rings. The topological polar surface area (TPSA) is 69.7 Å². The Bertz CT molecular complexity index is 1040. The van der Waals surface area contributed by atoms with Crippen molar-refractivity contribution in [3.8, 4) is 0 Å². The molecule has 1 saturated heterocycles. The number of rotatable bonds is 9. The van der Waals surface area contributed by atoms with Crippen LogP contribution in [0.2, 0.25) is 0 Å². The van der Waals surface area contributed by atoms with Crippen LogP contribution in [-0.2, 0) is 14.8 Å². The predicted octanol–water partition coefficient (Wildman–Crippen LogP) is 4.65. The first-order valence-electron chi connectivity index (χ1n) is 11.8. The Morgan fingerprint density at radius 3 is 2.52 bits per heavy atom. The standard InChI is InChI=1S/C26H37N3O3S/c1-20-9-7-17-28(19-20)24-15-13-23(14-16-24)22(3)27-26(30)12-8-18-29(33(4,31)32)25-11-6-5-10-21(25)2/h5-6,10-11,13-16,20,22H,7-9,12,17-19H2,1-4H3,(H,27,30)/t20-,22-/m1/s1. The number of piperidine rings is 1. The molecule has 0 spiro atoms. The van der Waals surface area contributed by atoms with Crippen molar-refractivity contribution < 1.29 is 13.2 Å². The molecule has 0 aromatic heterocycles. The quantitative estimate of drug-likeness (QED) is 0.578. The summed E-state index contributed by atoms with van der Waals surface area (Å²) in [6, 6.07) is 15.7. The average molecular weight is 472 g/mol. The van der Waals surface area contributed by atoms with Crippen molar-refractivity contribution in [1.82, 2.24) is 5.32 Å². The van der Waals surface area contributed by atoms with E-state index in [1.807, 2.05) is 32.0 Å². The van der Waals surface area contributed by atoms with Gasteiger partial charge in [-0.1, -0.05) is 37.3 Å². The van der Waals surface area contributed by atoms with Gasteiger partial charge in [-0.2, -0.15) is 0 Å². The van der Waals surface area contributed by atoms with Gasteiger partial charge in [0.25, 0.3) is 0 Å². The van der Waals surface area contributed by atoms with Gasteiger partial charge < -0.3 is 10.2 Å². The van der Waals surface area contributed by atoms with E-state index in [4.69, 9.17) is 0 Å². The number of benzene rings is 2. The van der Waals surface area contributed by atoms with Crippen LogP contribution in [-0.4, -0.2) is 40.2 Å². The highest BCUT2D eigenvalue weighted by molar-refractivity contribution is 7.92. The van der Waals surface area contributed by atoms with Crippen LogP contribution in [0.25, 0.3) is 0 Å². The van der Waals surface area contributed by atoms with Gasteiger partial charge in [0.1, 0.15) is 0 Å². The van der Waals surface area contributed by atoms with Crippen molar-refractivity contribution >= 4 is 27.3 Å². The molecule has 1 heterocycles. The number of nitrogens with one attached hydrogen (secondary N) is 1. The van der Waals surface area contributed by atoms with Crippen LogP contribution in [0.15, 0.2) is 48.5 Å². The van der Waals surface area contributed by atoms with Crippen LogP contribution < -0.4 is 14.5 Å². The van der Waals surface area contributed by atoms with Gasteiger partial charge in [0, 0.05) is 31.7 Å². The number of anilines is 2. The molecular weight excluding hydrogens is 434 g/mol. The molecule has 180 valence electrons. The number of carbonyl (C=O) groups excluding carboxylic acids is 1. The van der Waals surface area contributed by atoms with E-state index in [9.17, 15) is 13.2 Å². The van der Waals surface area contributed by atoms with Gasteiger partial charge >= 0.3 is 0 Å². The van der Waals surface area contributed by atoms with Gasteiger partial charge in [0.2, 0.25) is 15.9 Å².